The Labute approximate surface area is 171 Å². The Balaban J connectivity index is 2.28. The van der Waals surface area contributed by atoms with E-state index in [1.807, 2.05) is 26.8 Å². The van der Waals surface area contributed by atoms with Gasteiger partial charge >= 0.3 is 5.97 Å². The van der Waals surface area contributed by atoms with Gasteiger partial charge in [0, 0.05) is 11.3 Å². The Kier molecular flexibility index (Phi) is 6.69. The lowest BCUT2D eigenvalue weighted by atomic mass is 9.87. The van der Waals surface area contributed by atoms with Crippen LogP contribution in [-0.4, -0.2) is 33.9 Å². The summed E-state index contributed by atoms with van der Waals surface area (Å²) in [6.45, 7) is 7.50. The molecule has 8 heteroatoms. The van der Waals surface area contributed by atoms with Crippen molar-refractivity contribution in [2.75, 3.05) is 18.4 Å². The first kappa shape index (κ1) is 22.4. The van der Waals surface area contributed by atoms with Crippen molar-refractivity contribution in [2.45, 2.75) is 38.0 Å². The highest BCUT2D eigenvalue weighted by Gasteiger charge is 2.22. The summed E-state index contributed by atoms with van der Waals surface area (Å²) in [5.41, 5.74) is 1.79. The van der Waals surface area contributed by atoms with Crippen molar-refractivity contribution in [1.82, 2.24) is 5.32 Å². The zero-order valence-electron chi connectivity index (χ0n) is 17.2. The topological polar surface area (TPSA) is 102 Å². The number of hydrogen-bond donors (Lipinski definition) is 2. The van der Waals surface area contributed by atoms with E-state index in [1.54, 1.807) is 31.2 Å². The van der Waals surface area contributed by atoms with Gasteiger partial charge in [-0.25, -0.2) is 8.42 Å². The Hall–Kier alpha value is -2.87. The number of carbonyl (C=O) groups is 2. The van der Waals surface area contributed by atoms with Crippen LogP contribution in [0.15, 0.2) is 47.4 Å². The molecule has 0 atom stereocenters. The molecular formula is C21H26N2O5S. The number of nitrogens with one attached hydrogen (secondary N) is 2. The number of carbonyl (C=O) groups excluding carboxylic acids is 2. The Morgan fingerprint density at radius 3 is 2.38 bits per heavy atom. The van der Waals surface area contributed by atoms with Crippen LogP contribution in [0.4, 0.5) is 5.69 Å². The molecule has 0 unspecified atom stereocenters. The number of esters is 1. The van der Waals surface area contributed by atoms with Crippen molar-refractivity contribution in [2.24, 2.45) is 0 Å². The van der Waals surface area contributed by atoms with Crippen molar-refractivity contribution in [3.8, 4) is 0 Å². The maximum absolute atomic E-state index is 13.0. The molecular weight excluding hydrogens is 392 g/mol. The predicted molar refractivity (Wildman–Crippen MR) is 111 cm³/mol. The number of hydrogen-bond acceptors (Lipinski definition) is 5. The monoisotopic (exact) mass is 418 g/mol. The van der Waals surface area contributed by atoms with E-state index < -0.39 is 21.9 Å². The second kappa shape index (κ2) is 8.65. The van der Waals surface area contributed by atoms with Gasteiger partial charge in [0.15, 0.2) is 0 Å². The van der Waals surface area contributed by atoms with Crippen LogP contribution in [-0.2, 0) is 25.0 Å². The summed E-state index contributed by atoms with van der Waals surface area (Å²) in [7, 11) is -2.63. The molecule has 2 aromatic rings. The van der Waals surface area contributed by atoms with Gasteiger partial charge < -0.3 is 10.1 Å². The van der Waals surface area contributed by atoms with Gasteiger partial charge in [0.25, 0.3) is 15.9 Å². The van der Waals surface area contributed by atoms with Gasteiger partial charge in [-0.2, -0.15) is 0 Å². The third-order valence-corrected chi connectivity index (χ3v) is 5.86. The fourth-order valence-electron chi connectivity index (χ4n) is 2.62. The number of sulfonamides is 1. The molecule has 0 spiro atoms. The molecule has 7 nitrogen and oxygen atoms in total. The summed E-state index contributed by atoms with van der Waals surface area (Å²) in [5, 5.41) is 2.41. The van der Waals surface area contributed by atoms with Crippen molar-refractivity contribution < 1.29 is 22.7 Å². The summed E-state index contributed by atoms with van der Waals surface area (Å²) in [4.78, 5) is 23.5. The molecule has 0 aliphatic heterocycles. The van der Waals surface area contributed by atoms with Crippen molar-refractivity contribution in [3.05, 3.63) is 59.2 Å². The van der Waals surface area contributed by atoms with Gasteiger partial charge in [-0.15, -0.1) is 0 Å². The fourth-order valence-corrected chi connectivity index (χ4v) is 3.94. The molecule has 0 bridgehead atoms. The van der Waals surface area contributed by atoms with Crippen LogP contribution in [0, 0.1) is 6.92 Å². The lowest BCUT2D eigenvalue weighted by molar-refractivity contribution is -0.139. The van der Waals surface area contributed by atoms with E-state index >= 15 is 0 Å². The van der Waals surface area contributed by atoms with Gasteiger partial charge in [0.2, 0.25) is 0 Å². The number of aryl methyl sites for hydroxylation is 1. The minimum Gasteiger partial charge on any atom is -0.468 e. The van der Waals surface area contributed by atoms with E-state index in [0.717, 1.165) is 5.56 Å². The molecule has 1 amide bonds. The molecule has 0 radical (unpaired) electrons. The standard InChI is InChI=1S/C21H26N2O5S/c1-14-9-10-16(21(2,3)4)12-18(14)29(26,27)23-17-8-6-7-15(11-17)20(25)22-13-19(24)28-5/h6-12,23H,13H2,1-5H3,(H,22,25). The largest absolute Gasteiger partial charge is 0.468 e. The number of anilines is 1. The molecule has 0 heterocycles. The first-order valence-corrected chi connectivity index (χ1v) is 10.5. The quantitative estimate of drug-likeness (QED) is 0.702. The summed E-state index contributed by atoms with van der Waals surface area (Å²) >= 11 is 0. The highest BCUT2D eigenvalue weighted by atomic mass is 32.2. The molecule has 0 fully saturated rings. The molecule has 2 rings (SSSR count). The first-order valence-electron chi connectivity index (χ1n) is 9.03. The highest BCUT2D eigenvalue weighted by Crippen LogP contribution is 2.28. The molecule has 0 aliphatic rings. The van der Waals surface area contributed by atoms with Crippen molar-refractivity contribution in [1.29, 1.82) is 0 Å². The van der Waals surface area contributed by atoms with Crippen LogP contribution < -0.4 is 10.0 Å². The molecule has 2 aromatic carbocycles. The van der Waals surface area contributed by atoms with Crippen LogP contribution in [0.25, 0.3) is 0 Å². The fraction of sp³-hybridized carbons (Fsp3) is 0.333. The Morgan fingerprint density at radius 1 is 1.07 bits per heavy atom. The second-order valence-corrected chi connectivity index (χ2v) is 9.33. The molecule has 0 aromatic heterocycles. The number of rotatable bonds is 6. The van der Waals surface area contributed by atoms with Crippen LogP contribution >= 0.6 is 0 Å². The zero-order chi connectivity index (χ0) is 21.8. The van der Waals surface area contributed by atoms with Crippen LogP contribution in [0.2, 0.25) is 0 Å². The van der Waals surface area contributed by atoms with Gasteiger partial charge in [0.05, 0.1) is 12.0 Å². The minimum atomic E-state index is -3.85. The van der Waals surface area contributed by atoms with Crippen molar-refractivity contribution in [3.63, 3.8) is 0 Å². The van der Waals surface area contributed by atoms with E-state index in [4.69, 9.17) is 0 Å². The van der Waals surface area contributed by atoms with E-state index in [1.165, 1.54) is 19.2 Å². The lowest BCUT2D eigenvalue weighted by Crippen LogP contribution is -2.30. The SMILES string of the molecule is COC(=O)CNC(=O)c1cccc(NS(=O)(=O)c2cc(C(C)(C)C)ccc2C)c1. The molecule has 0 saturated carbocycles. The summed E-state index contributed by atoms with van der Waals surface area (Å²) in [6, 6.07) is 11.4. The summed E-state index contributed by atoms with van der Waals surface area (Å²) in [6.07, 6.45) is 0. The third-order valence-electron chi connectivity index (χ3n) is 4.34. The zero-order valence-corrected chi connectivity index (χ0v) is 18.0. The van der Waals surface area contributed by atoms with E-state index in [-0.39, 0.29) is 28.1 Å². The van der Waals surface area contributed by atoms with Gasteiger partial charge in [0.1, 0.15) is 6.54 Å². The normalized spacial score (nSPS) is 11.6. The summed E-state index contributed by atoms with van der Waals surface area (Å²) in [5.74, 6) is -1.09. The van der Waals surface area contributed by atoms with Crippen LogP contribution in [0.3, 0.4) is 0 Å². The maximum Gasteiger partial charge on any atom is 0.325 e. The van der Waals surface area contributed by atoms with Gasteiger partial charge in [-0.3, -0.25) is 14.3 Å². The average molecular weight is 419 g/mol. The van der Waals surface area contributed by atoms with E-state index in [9.17, 15) is 18.0 Å². The Bertz CT molecular complexity index is 1020. The van der Waals surface area contributed by atoms with E-state index in [0.29, 0.717) is 5.56 Å². The predicted octanol–water partition coefficient (Wildman–Crippen LogP) is 3.00. The molecule has 0 saturated heterocycles. The first-order chi connectivity index (χ1) is 13.4. The molecule has 156 valence electrons. The average Bonchev–Trinajstić information content (AvgIpc) is 2.64. The van der Waals surface area contributed by atoms with Crippen LogP contribution in [0.5, 0.6) is 0 Å². The lowest BCUT2D eigenvalue weighted by Gasteiger charge is -2.21. The van der Waals surface area contributed by atoms with Crippen molar-refractivity contribution >= 4 is 27.6 Å². The smallest absolute Gasteiger partial charge is 0.325 e. The number of ether oxygens (including phenoxy) is 1. The number of benzene rings is 2. The molecule has 29 heavy (non-hydrogen) atoms. The Morgan fingerprint density at radius 2 is 1.76 bits per heavy atom. The molecule has 0 aliphatic carbocycles. The summed E-state index contributed by atoms with van der Waals surface area (Å²) < 4.78 is 32.9. The van der Waals surface area contributed by atoms with Gasteiger partial charge in [-0.05, 0) is 47.7 Å². The third kappa shape index (κ3) is 5.80. The number of methoxy groups -OCH3 is 1. The highest BCUT2D eigenvalue weighted by molar-refractivity contribution is 7.92. The number of amides is 1. The van der Waals surface area contributed by atoms with Crippen LogP contribution in [0.1, 0.15) is 42.3 Å². The minimum absolute atomic E-state index is 0.186. The van der Waals surface area contributed by atoms with Gasteiger partial charge in [-0.1, -0.05) is 39.0 Å². The molecule has 2 N–H and O–H groups in total. The maximum atomic E-state index is 13.0. The second-order valence-electron chi connectivity index (χ2n) is 7.68. The van der Waals surface area contributed by atoms with E-state index in [2.05, 4.69) is 14.8 Å².